The number of amides is 1. The van der Waals surface area contributed by atoms with Crippen molar-refractivity contribution in [2.45, 2.75) is 27.7 Å². The molecule has 98 valence electrons. The second-order valence-electron chi connectivity index (χ2n) is 5.98. The SMILES string of the molecule is Cc1cc(NC(=O)CN2CC(C)(C)C2)cnc1C. The van der Waals surface area contributed by atoms with Gasteiger partial charge in [-0.1, -0.05) is 13.8 Å². The molecule has 1 fully saturated rings. The quantitative estimate of drug-likeness (QED) is 0.888. The van der Waals surface area contributed by atoms with Crippen LogP contribution < -0.4 is 5.32 Å². The van der Waals surface area contributed by atoms with Gasteiger partial charge < -0.3 is 5.32 Å². The van der Waals surface area contributed by atoms with Gasteiger partial charge in [-0.25, -0.2) is 0 Å². The van der Waals surface area contributed by atoms with Gasteiger partial charge in [-0.05, 0) is 30.9 Å². The molecule has 0 saturated carbocycles. The number of anilines is 1. The molecule has 1 aliphatic rings. The van der Waals surface area contributed by atoms with Crippen molar-refractivity contribution in [2.75, 3.05) is 25.0 Å². The molecule has 1 saturated heterocycles. The van der Waals surface area contributed by atoms with Gasteiger partial charge in [-0.3, -0.25) is 14.7 Å². The Kier molecular flexibility index (Phi) is 3.39. The van der Waals surface area contributed by atoms with Crippen molar-refractivity contribution in [1.82, 2.24) is 9.88 Å². The average molecular weight is 247 g/mol. The molecule has 4 heteroatoms. The predicted molar refractivity (Wildman–Crippen MR) is 72.6 cm³/mol. The van der Waals surface area contributed by atoms with Crippen molar-refractivity contribution in [3.05, 3.63) is 23.5 Å². The van der Waals surface area contributed by atoms with Crippen LogP contribution in [0.25, 0.3) is 0 Å². The Morgan fingerprint density at radius 3 is 2.67 bits per heavy atom. The summed E-state index contributed by atoms with van der Waals surface area (Å²) in [6.45, 7) is 10.8. The summed E-state index contributed by atoms with van der Waals surface area (Å²) in [6, 6.07) is 1.96. The van der Waals surface area contributed by atoms with Crippen LogP contribution in [-0.4, -0.2) is 35.4 Å². The fourth-order valence-corrected chi connectivity index (χ4v) is 2.39. The lowest BCUT2D eigenvalue weighted by atomic mass is 9.84. The minimum absolute atomic E-state index is 0.0375. The Morgan fingerprint density at radius 1 is 1.44 bits per heavy atom. The Hall–Kier alpha value is -1.42. The molecule has 1 N–H and O–H groups in total. The summed E-state index contributed by atoms with van der Waals surface area (Å²) in [5.74, 6) is 0.0375. The number of aromatic nitrogens is 1. The number of pyridine rings is 1. The highest BCUT2D eigenvalue weighted by molar-refractivity contribution is 5.92. The van der Waals surface area contributed by atoms with Crippen LogP contribution in [0.2, 0.25) is 0 Å². The number of carbonyl (C=O) groups is 1. The van der Waals surface area contributed by atoms with Crippen molar-refractivity contribution >= 4 is 11.6 Å². The summed E-state index contributed by atoms with van der Waals surface area (Å²) in [4.78, 5) is 18.2. The molecular formula is C14H21N3O. The molecule has 2 heterocycles. The number of likely N-dealkylation sites (tertiary alicyclic amines) is 1. The second-order valence-corrected chi connectivity index (χ2v) is 5.98. The van der Waals surface area contributed by atoms with Crippen LogP contribution in [0.5, 0.6) is 0 Å². The van der Waals surface area contributed by atoms with Gasteiger partial charge in [0, 0.05) is 18.8 Å². The molecule has 0 radical (unpaired) electrons. The Labute approximate surface area is 108 Å². The lowest BCUT2D eigenvalue weighted by Gasteiger charge is -2.45. The topological polar surface area (TPSA) is 45.2 Å². The van der Waals surface area contributed by atoms with Crippen LogP contribution in [0.1, 0.15) is 25.1 Å². The largest absolute Gasteiger partial charge is 0.324 e. The summed E-state index contributed by atoms with van der Waals surface area (Å²) in [5, 5.41) is 2.89. The van der Waals surface area contributed by atoms with Gasteiger partial charge >= 0.3 is 0 Å². The van der Waals surface area contributed by atoms with E-state index >= 15 is 0 Å². The number of hydrogen-bond donors (Lipinski definition) is 1. The lowest BCUT2D eigenvalue weighted by molar-refractivity contribution is -0.120. The van der Waals surface area contributed by atoms with E-state index in [1.807, 2.05) is 19.9 Å². The first-order chi connectivity index (χ1) is 8.35. The molecule has 0 spiro atoms. The highest BCUT2D eigenvalue weighted by atomic mass is 16.2. The molecule has 0 aromatic carbocycles. The Morgan fingerprint density at radius 2 is 2.11 bits per heavy atom. The molecule has 1 aliphatic heterocycles. The normalized spacial score (nSPS) is 18.2. The Bertz CT molecular complexity index is 460. The van der Waals surface area contributed by atoms with E-state index in [-0.39, 0.29) is 5.91 Å². The van der Waals surface area contributed by atoms with E-state index in [0.29, 0.717) is 12.0 Å². The number of hydrogen-bond acceptors (Lipinski definition) is 3. The van der Waals surface area contributed by atoms with E-state index in [1.165, 1.54) is 0 Å². The predicted octanol–water partition coefficient (Wildman–Crippen LogP) is 1.98. The van der Waals surface area contributed by atoms with Gasteiger partial charge in [0.2, 0.25) is 5.91 Å². The monoisotopic (exact) mass is 247 g/mol. The standard InChI is InChI=1S/C14H21N3O/c1-10-5-12(6-15-11(10)2)16-13(18)7-17-8-14(3,4)9-17/h5-6H,7-9H2,1-4H3,(H,16,18). The highest BCUT2D eigenvalue weighted by Gasteiger charge is 2.34. The minimum Gasteiger partial charge on any atom is -0.324 e. The lowest BCUT2D eigenvalue weighted by Crippen LogP contribution is -2.54. The van der Waals surface area contributed by atoms with Crippen LogP contribution in [0, 0.1) is 19.3 Å². The smallest absolute Gasteiger partial charge is 0.238 e. The maximum Gasteiger partial charge on any atom is 0.238 e. The molecule has 0 atom stereocenters. The van der Waals surface area contributed by atoms with Crippen LogP contribution in [0.15, 0.2) is 12.3 Å². The van der Waals surface area contributed by atoms with E-state index in [9.17, 15) is 4.79 Å². The van der Waals surface area contributed by atoms with Crippen molar-refractivity contribution < 1.29 is 4.79 Å². The molecule has 4 nitrogen and oxygen atoms in total. The summed E-state index contributed by atoms with van der Waals surface area (Å²) < 4.78 is 0. The molecule has 0 bridgehead atoms. The molecule has 1 aromatic rings. The van der Waals surface area contributed by atoms with Gasteiger partial charge in [0.25, 0.3) is 0 Å². The highest BCUT2D eigenvalue weighted by Crippen LogP contribution is 2.28. The van der Waals surface area contributed by atoms with Crippen molar-refractivity contribution in [1.29, 1.82) is 0 Å². The van der Waals surface area contributed by atoms with Crippen molar-refractivity contribution in [3.8, 4) is 0 Å². The molecular weight excluding hydrogens is 226 g/mol. The molecule has 18 heavy (non-hydrogen) atoms. The zero-order valence-electron chi connectivity index (χ0n) is 11.6. The average Bonchev–Trinajstić information content (AvgIpc) is 2.21. The van der Waals surface area contributed by atoms with E-state index in [1.54, 1.807) is 6.20 Å². The van der Waals surface area contributed by atoms with Gasteiger partial charge in [0.1, 0.15) is 0 Å². The third-order valence-corrected chi connectivity index (χ3v) is 3.29. The van der Waals surface area contributed by atoms with Crippen LogP contribution in [0.4, 0.5) is 5.69 Å². The van der Waals surface area contributed by atoms with Gasteiger partial charge in [0.15, 0.2) is 0 Å². The fourth-order valence-electron chi connectivity index (χ4n) is 2.39. The maximum atomic E-state index is 11.8. The Balaban J connectivity index is 1.86. The van der Waals surface area contributed by atoms with Gasteiger partial charge in [-0.15, -0.1) is 0 Å². The summed E-state index contributed by atoms with van der Waals surface area (Å²) >= 11 is 0. The third-order valence-electron chi connectivity index (χ3n) is 3.29. The molecule has 0 aliphatic carbocycles. The van der Waals surface area contributed by atoms with Crippen molar-refractivity contribution in [2.24, 2.45) is 5.41 Å². The summed E-state index contributed by atoms with van der Waals surface area (Å²) in [6.07, 6.45) is 1.71. The van der Waals surface area contributed by atoms with E-state index in [2.05, 4.69) is 29.0 Å². The zero-order valence-corrected chi connectivity index (χ0v) is 11.6. The zero-order chi connectivity index (χ0) is 13.3. The summed E-state index contributed by atoms with van der Waals surface area (Å²) in [5.41, 5.74) is 3.24. The number of nitrogens with zero attached hydrogens (tertiary/aromatic N) is 2. The van der Waals surface area contributed by atoms with E-state index in [0.717, 1.165) is 30.0 Å². The van der Waals surface area contributed by atoms with Crippen LogP contribution >= 0.6 is 0 Å². The van der Waals surface area contributed by atoms with Gasteiger partial charge in [0.05, 0.1) is 18.4 Å². The third kappa shape index (κ3) is 3.07. The molecule has 1 aromatic heterocycles. The number of rotatable bonds is 3. The summed E-state index contributed by atoms with van der Waals surface area (Å²) in [7, 11) is 0. The van der Waals surface area contributed by atoms with Gasteiger partial charge in [-0.2, -0.15) is 0 Å². The van der Waals surface area contributed by atoms with Crippen LogP contribution in [-0.2, 0) is 4.79 Å². The second kappa shape index (κ2) is 4.69. The minimum atomic E-state index is 0.0375. The first-order valence-electron chi connectivity index (χ1n) is 6.31. The maximum absolute atomic E-state index is 11.8. The van der Waals surface area contributed by atoms with E-state index in [4.69, 9.17) is 0 Å². The fraction of sp³-hybridized carbons (Fsp3) is 0.571. The first kappa shape index (κ1) is 13.0. The van der Waals surface area contributed by atoms with Crippen LogP contribution in [0.3, 0.4) is 0 Å². The van der Waals surface area contributed by atoms with Crippen molar-refractivity contribution in [3.63, 3.8) is 0 Å². The van der Waals surface area contributed by atoms with E-state index < -0.39 is 0 Å². The number of nitrogens with one attached hydrogen (secondary N) is 1. The number of aryl methyl sites for hydroxylation is 2. The molecule has 0 unspecified atom stereocenters. The first-order valence-corrected chi connectivity index (χ1v) is 6.31. The molecule has 2 rings (SSSR count). The number of carbonyl (C=O) groups excluding carboxylic acids is 1. The molecule has 1 amide bonds.